The third kappa shape index (κ3) is 2.69. The lowest BCUT2D eigenvalue weighted by Crippen LogP contribution is -2.39. The van der Waals surface area contributed by atoms with Crippen LogP contribution in [-0.2, 0) is 4.79 Å². The van der Waals surface area contributed by atoms with E-state index in [2.05, 4.69) is 14.9 Å². The second-order valence-corrected chi connectivity index (χ2v) is 5.62. The van der Waals surface area contributed by atoms with Crippen molar-refractivity contribution in [2.45, 2.75) is 38.5 Å². The SMILES string of the molecule is Cc1cc(N2CCC[C@H](C(=O)O)C2)nc(C2CC2)n1. The van der Waals surface area contributed by atoms with Crippen molar-refractivity contribution in [3.63, 3.8) is 0 Å². The number of aromatic nitrogens is 2. The Labute approximate surface area is 112 Å². The van der Waals surface area contributed by atoms with E-state index in [1.807, 2.05) is 13.0 Å². The molecular formula is C14H19N3O2. The number of piperidine rings is 1. The van der Waals surface area contributed by atoms with Gasteiger partial charge in [0, 0.05) is 30.8 Å². The first-order valence-corrected chi connectivity index (χ1v) is 6.97. The summed E-state index contributed by atoms with van der Waals surface area (Å²) >= 11 is 0. The second kappa shape index (κ2) is 4.79. The van der Waals surface area contributed by atoms with E-state index in [-0.39, 0.29) is 5.92 Å². The summed E-state index contributed by atoms with van der Waals surface area (Å²) in [6.45, 7) is 3.44. The lowest BCUT2D eigenvalue weighted by molar-refractivity contribution is -0.141. The Bertz CT molecular complexity index is 499. The van der Waals surface area contributed by atoms with Crippen molar-refractivity contribution in [2.75, 3.05) is 18.0 Å². The predicted octanol–water partition coefficient (Wildman–Crippen LogP) is 1.96. The summed E-state index contributed by atoms with van der Waals surface area (Å²) in [6.07, 6.45) is 4.05. The number of nitrogens with zero attached hydrogens (tertiary/aromatic N) is 3. The maximum Gasteiger partial charge on any atom is 0.308 e. The van der Waals surface area contributed by atoms with E-state index >= 15 is 0 Å². The summed E-state index contributed by atoms with van der Waals surface area (Å²) in [5.41, 5.74) is 0.976. The number of carbonyl (C=O) groups is 1. The van der Waals surface area contributed by atoms with E-state index in [4.69, 9.17) is 5.11 Å². The molecule has 0 radical (unpaired) electrons. The van der Waals surface area contributed by atoms with Crippen LogP contribution in [0.5, 0.6) is 0 Å². The van der Waals surface area contributed by atoms with Gasteiger partial charge in [0.25, 0.3) is 0 Å². The first-order chi connectivity index (χ1) is 9.13. The smallest absolute Gasteiger partial charge is 0.308 e. The largest absolute Gasteiger partial charge is 0.481 e. The van der Waals surface area contributed by atoms with Crippen LogP contribution in [0.2, 0.25) is 0 Å². The predicted molar refractivity (Wildman–Crippen MR) is 71.3 cm³/mol. The fourth-order valence-electron chi connectivity index (χ4n) is 2.65. The Hall–Kier alpha value is -1.65. The minimum Gasteiger partial charge on any atom is -0.481 e. The molecule has 2 aliphatic rings. The molecule has 1 aliphatic carbocycles. The quantitative estimate of drug-likeness (QED) is 0.901. The van der Waals surface area contributed by atoms with Crippen LogP contribution in [0.1, 0.15) is 43.1 Å². The van der Waals surface area contributed by atoms with Crippen LogP contribution in [0.25, 0.3) is 0 Å². The van der Waals surface area contributed by atoms with Crippen molar-refractivity contribution < 1.29 is 9.90 Å². The molecule has 2 heterocycles. The number of anilines is 1. The fourth-order valence-corrected chi connectivity index (χ4v) is 2.65. The van der Waals surface area contributed by atoms with Crippen molar-refractivity contribution in [2.24, 2.45) is 5.92 Å². The van der Waals surface area contributed by atoms with Crippen molar-refractivity contribution in [1.29, 1.82) is 0 Å². The van der Waals surface area contributed by atoms with Crippen LogP contribution in [0.4, 0.5) is 5.82 Å². The van der Waals surface area contributed by atoms with E-state index in [1.54, 1.807) is 0 Å². The third-order valence-electron chi connectivity index (χ3n) is 3.90. The standard InChI is InChI=1S/C14H19N3O2/c1-9-7-12(16-13(15-9)10-4-5-10)17-6-2-3-11(8-17)14(18)19/h7,10-11H,2-6,8H2,1H3,(H,18,19)/t11-/m0/s1. The molecule has 0 aromatic carbocycles. The number of rotatable bonds is 3. The fraction of sp³-hybridized carbons (Fsp3) is 0.643. The minimum absolute atomic E-state index is 0.270. The Morgan fingerprint density at radius 2 is 2.16 bits per heavy atom. The van der Waals surface area contributed by atoms with Crippen molar-refractivity contribution in [3.05, 3.63) is 17.6 Å². The molecule has 2 fully saturated rings. The molecular weight excluding hydrogens is 242 g/mol. The van der Waals surface area contributed by atoms with Gasteiger partial charge in [-0.05, 0) is 32.6 Å². The number of hydrogen-bond donors (Lipinski definition) is 1. The molecule has 0 amide bonds. The van der Waals surface area contributed by atoms with Crippen LogP contribution in [0.15, 0.2) is 6.07 Å². The summed E-state index contributed by atoms with van der Waals surface area (Å²) < 4.78 is 0. The number of carboxylic acids is 1. The average molecular weight is 261 g/mol. The Morgan fingerprint density at radius 1 is 1.37 bits per heavy atom. The van der Waals surface area contributed by atoms with E-state index in [0.717, 1.165) is 36.7 Å². The third-order valence-corrected chi connectivity index (χ3v) is 3.90. The molecule has 1 aromatic heterocycles. The molecule has 1 N–H and O–H groups in total. The zero-order chi connectivity index (χ0) is 13.4. The van der Waals surface area contributed by atoms with Crippen molar-refractivity contribution in [3.8, 4) is 0 Å². The second-order valence-electron chi connectivity index (χ2n) is 5.62. The number of aliphatic carboxylic acids is 1. The lowest BCUT2D eigenvalue weighted by atomic mass is 9.98. The highest BCUT2D eigenvalue weighted by Gasteiger charge is 2.29. The van der Waals surface area contributed by atoms with Gasteiger partial charge >= 0.3 is 5.97 Å². The van der Waals surface area contributed by atoms with Crippen molar-refractivity contribution in [1.82, 2.24) is 9.97 Å². The summed E-state index contributed by atoms with van der Waals surface area (Å²) in [7, 11) is 0. The Morgan fingerprint density at radius 3 is 2.84 bits per heavy atom. The van der Waals surface area contributed by atoms with Crippen LogP contribution in [0.3, 0.4) is 0 Å². The molecule has 19 heavy (non-hydrogen) atoms. The summed E-state index contributed by atoms with van der Waals surface area (Å²) in [6, 6.07) is 1.97. The Balaban J connectivity index is 1.82. The minimum atomic E-state index is -0.696. The highest BCUT2D eigenvalue weighted by Crippen LogP contribution is 2.38. The summed E-state index contributed by atoms with van der Waals surface area (Å²) in [5, 5.41) is 9.15. The molecule has 1 aromatic rings. The Kier molecular flexibility index (Phi) is 3.12. The first kappa shape index (κ1) is 12.4. The number of hydrogen-bond acceptors (Lipinski definition) is 4. The van der Waals surface area contributed by atoms with Gasteiger partial charge in [-0.25, -0.2) is 9.97 Å². The van der Waals surface area contributed by atoms with Gasteiger partial charge in [-0.15, -0.1) is 0 Å². The molecule has 1 aliphatic heterocycles. The number of aryl methyl sites for hydroxylation is 1. The highest BCUT2D eigenvalue weighted by molar-refractivity contribution is 5.71. The molecule has 0 unspecified atom stereocenters. The molecule has 5 nitrogen and oxygen atoms in total. The van der Waals surface area contributed by atoms with Crippen molar-refractivity contribution >= 4 is 11.8 Å². The molecule has 0 spiro atoms. The normalized spacial score (nSPS) is 23.4. The van der Waals surface area contributed by atoms with E-state index in [0.29, 0.717) is 12.5 Å². The van der Waals surface area contributed by atoms with Gasteiger partial charge in [-0.3, -0.25) is 4.79 Å². The summed E-state index contributed by atoms with van der Waals surface area (Å²) in [4.78, 5) is 22.3. The maximum atomic E-state index is 11.1. The van der Waals surface area contributed by atoms with Crippen LogP contribution in [-0.4, -0.2) is 34.1 Å². The molecule has 5 heteroatoms. The van der Waals surface area contributed by atoms with E-state index in [9.17, 15) is 4.79 Å². The molecule has 1 saturated heterocycles. The van der Waals surface area contributed by atoms with E-state index < -0.39 is 5.97 Å². The van der Waals surface area contributed by atoms with Crippen LogP contribution in [0, 0.1) is 12.8 Å². The first-order valence-electron chi connectivity index (χ1n) is 6.97. The zero-order valence-electron chi connectivity index (χ0n) is 11.2. The molecule has 0 bridgehead atoms. The molecule has 1 atom stereocenters. The highest BCUT2D eigenvalue weighted by atomic mass is 16.4. The van der Waals surface area contributed by atoms with Gasteiger partial charge < -0.3 is 10.0 Å². The number of carboxylic acid groups (broad SMARTS) is 1. The van der Waals surface area contributed by atoms with Gasteiger partial charge in [-0.2, -0.15) is 0 Å². The van der Waals surface area contributed by atoms with Crippen LogP contribution < -0.4 is 4.90 Å². The van der Waals surface area contributed by atoms with Gasteiger partial charge in [-0.1, -0.05) is 0 Å². The zero-order valence-corrected chi connectivity index (χ0v) is 11.2. The van der Waals surface area contributed by atoms with Gasteiger partial charge in [0.15, 0.2) is 0 Å². The maximum absolute atomic E-state index is 11.1. The molecule has 3 rings (SSSR count). The monoisotopic (exact) mass is 261 g/mol. The van der Waals surface area contributed by atoms with Gasteiger partial charge in [0.2, 0.25) is 0 Å². The van der Waals surface area contributed by atoms with E-state index in [1.165, 1.54) is 12.8 Å². The summed E-state index contributed by atoms with van der Waals surface area (Å²) in [5.74, 6) is 1.40. The molecule has 1 saturated carbocycles. The topological polar surface area (TPSA) is 66.3 Å². The molecule has 102 valence electrons. The van der Waals surface area contributed by atoms with Gasteiger partial charge in [0.05, 0.1) is 5.92 Å². The average Bonchev–Trinajstić information content (AvgIpc) is 3.22. The van der Waals surface area contributed by atoms with Gasteiger partial charge in [0.1, 0.15) is 11.6 Å². The lowest BCUT2D eigenvalue weighted by Gasteiger charge is -2.31. The van der Waals surface area contributed by atoms with Crippen LogP contribution >= 0.6 is 0 Å².